The normalized spacial score (nSPS) is 11.9. The number of carbonyl (C=O) groups excluding carboxylic acids is 1. The molecule has 4 aromatic rings. The third kappa shape index (κ3) is 3.76. The summed E-state index contributed by atoms with van der Waals surface area (Å²) in [6.45, 7) is 2.46. The average Bonchev–Trinajstić information content (AvgIpc) is 2.77. The number of hydrogen-bond donors (Lipinski definition) is 0. The Balaban J connectivity index is 1.71. The Morgan fingerprint density at radius 1 is 0.893 bits per heavy atom. The van der Waals surface area contributed by atoms with Crippen LogP contribution in [-0.2, 0) is 6.54 Å². The third-order valence-corrected chi connectivity index (χ3v) is 4.89. The van der Waals surface area contributed by atoms with Gasteiger partial charge in [0.05, 0.1) is 23.8 Å². The molecule has 0 aliphatic rings. The molecule has 0 aliphatic heterocycles. The molecule has 1 amide bonds. The van der Waals surface area contributed by atoms with Crippen molar-refractivity contribution in [1.29, 1.82) is 0 Å². The largest absolute Gasteiger partial charge is 0.325 e. The van der Waals surface area contributed by atoms with E-state index >= 15 is 0 Å². The lowest BCUT2D eigenvalue weighted by Crippen LogP contribution is -2.34. The highest BCUT2D eigenvalue weighted by atomic mass is 16.2. The summed E-state index contributed by atoms with van der Waals surface area (Å²) in [5.74, 6) is -0.104. The smallest absolute Gasteiger partial charge is 0.273 e. The number of aromatic nitrogens is 2. The number of rotatable bonds is 5. The fraction of sp³-hybridized carbons (Fsp3) is 0.125. The van der Waals surface area contributed by atoms with E-state index < -0.39 is 0 Å². The number of nitrogens with zero attached hydrogens (tertiary/aromatic N) is 3. The van der Waals surface area contributed by atoms with Gasteiger partial charge in [0.2, 0.25) is 0 Å². The molecule has 0 saturated carbocycles. The van der Waals surface area contributed by atoms with E-state index in [0.717, 1.165) is 22.2 Å². The van der Waals surface area contributed by atoms with Crippen LogP contribution in [0, 0.1) is 0 Å². The Hall–Kier alpha value is -3.53. The lowest BCUT2D eigenvalue weighted by Gasteiger charge is -2.29. The maximum absolute atomic E-state index is 13.4. The summed E-state index contributed by atoms with van der Waals surface area (Å²) in [4.78, 5) is 24.3. The number of benzene rings is 2. The van der Waals surface area contributed by atoms with Crippen LogP contribution < -0.4 is 0 Å². The Morgan fingerprint density at radius 2 is 1.64 bits per heavy atom. The van der Waals surface area contributed by atoms with Crippen LogP contribution in [0.15, 0.2) is 91.1 Å². The highest BCUT2D eigenvalue weighted by molar-refractivity contribution is 5.95. The van der Waals surface area contributed by atoms with Crippen molar-refractivity contribution in [1.82, 2.24) is 14.9 Å². The van der Waals surface area contributed by atoms with E-state index in [2.05, 4.69) is 9.97 Å². The van der Waals surface area contributed by atoms with E-state index in [1.165, 1.54) is 0 Å². The van der Waals surface area contributed by atoms with Crippen molar-refractivity contribution in [3.63, 3.8) is 0 Å². The van der Waals surface area contributed by atoms with Crippen molar-refractivity contribution in [2.75, 3.05) is 0 Å². The van der Waals surface area contributed by atoms with E-state index in [0.29, 0.717) is 12.2 Å². The fourth-order valence-corrected chi connectivity index (χ4v) is 3.29. The lowest BCUT2D eigenvalue weighted by atomic mass is 10.1. The molecule has 0 N–H and O–H groups in total. The second kappa shape index (κ2) is 8.01. The van der Waals surface area contributed by atoms with E-state index in [1.54, 1.807) is 12.3 Å². The molecular weight excluding hydrogens is 346 g/mol. The van der Waals surface area contributed by atoms with Crippen molar-refractivity contribution in [2.24, 2.45) is 0 Å². The summed E-state index contributed by atoms with van der Waals surface area (Å²) in [6, 6.07) is 27.2. The van der Waals surface area contributed by atoms with Crippen LogP contribution in [0.3, 0.4) is 0 Å². The van der Waals surface area contributed by atoms with Gasteiger partial charge in [-0.1, -0.05) is 60.7 Å². The highest BCUT2D eigenvalue weighted by Crippen LogP contribution is 2.24. The molecule has 0 bridgehead atoms. The highest BCUT2D eigenvalue weighted by Gasteiger charge is 2.24. The number of pyridine rings is 2. The van der Waals surface area contributed by atoms with Gasteiger partial charge in [0.1, 0.15) is 5.69 Å². The SMILES string of the molecule is C[C@@H](c1ccccc1)N(Cc1ccccn1)C(=O)c1ccc2ccccc2n1. The van der Waals surface area contributed by atoms with Gasteiger partial charge in [0.25, 0.3) is 5.91 Å². The van der Waals surface area contributed by atoms with Crippen molar-refractivity contribution in [3.05, 3.63) is 108 Å². The van der Waals surface area contributed by atoms with Gasteiger partial charge in [-0.2, -0.15) is 0 Å². The number of para-hydroxylation sites is 1. The van der Waals surface area contributed by atoms with Gasteiger partial charge in [-0.15, -0.1) is 0 Å². The molecule has 138 valence electrons. The van der Waals surface area contributed by atoms with Crippen LogP contribution >= 0.6 is 0 Å². The van der Waals surface area contributed by atoms with Gasteiger partial charge in [-0.05, 0) is 36.8 Å². The minimum atomic E-state index is -0.107. The molecule has 2 heterocycles. The maximum Gasteiger partial charge on any atom is 0.273 e. The second-order valence-electron chi connectivity index (χ2n) is 6.73. The van der Waals surface area contributed by atoms with Crippen LogP contribution in [-0.4, -0.2) is 20.8 Å². The summed E-state index contributed by atoms with van der Waals surface area (Å²) in [7, 11) is 0. The standard InChI is InChI=1S/C24H21N3O/c1-18(19-9-3-2-4-10-19)27(17-21-12-7-8-16-25-21)24(28)23-15-14-20-11-5-6-13-22(20)26-23/h2-16,18H,17H2,1H3/t18-/m0/s1. The summed E-state index contributed by atoms with van der Waals surface area (Å²) >= 11 is 0. The predicted octanol–water partition coefficient (Wildman–Crippen LogP) is 5.03. The van der Waals surface area contributed by atoms with Gasteiger partial charge in [-0.25, -0.2) is 4.98 Å². The van der Waals surface area contributed by atoms with E-state index in [1.807, 2.05) is 90.7 Å². The zero-order valence-electron chi connectivity index (χ0n) is 15.7. The number of fused-ring (bicyclic) bond motifs is 1. The topological polar surface area (TPSA) is 46.1 Å². The van der Waals surface area contributed by atoms with Crippen molar-refractivity contribution >= 4 is 16.8 Å². The summed E-state index contributed by atoms with van der Waals surface area (Å²) < 4.78 is 0. The molecule has 0 unspecified atom stereocenters. The molecule has 0 spiro atoms. The van der Waals surface area contributed by atoms with Gasteiger partial charge in [0.15, 0.2) is 0 Å². The van der Waals surface area contributed by atoms with Crippen LogP contribution in [0.25, 0.3) is 10.9 Å². The van der Waals surface area contributed by atoms with Gasteiger partial charge in [-0.3, -0.25) is 9.78 Å². The zero-order chi connectivity index (χ0) is 19.3. The molecular formula is C24H21N3O. The van der Waals surface area contributed by atoms with Crippen molar-refractivity contribution in [2.45, 2.75) is 19.5 Å². The molecule has 0 saturated heterocycles. The molecule has 2 aromatic heterocycles. The first-order chi connectivity index (χ1) is 13.7. The number of hydrogen-bond acceptors (Lipinski definition) is 3. The molecule has 4 nitrogen and oxygen atoms in total. The number of amides is 1. The third-order valence-electron chi connectivity index (χ3n) is 4.89. The molecule has 4 rings (SSSR count). The first-order valence-electron chi connectivity index (χ1n) is 9.34. The number of carbonyl (C=O) groups is 1. The van der Waals surface area contributed by atoms with Gasteiger partial charge in [0, 0.05) is 11.6 Å². The van der Waals surface area contributed by atoms with Crippen molar-refractivity contribution in [3.8, 4) is 0 Å². The lowest BCUT2D eigenvalue weighted by molar-refractivity contribution is 0.0665. The quantitative estimate of drug-likeness (QED) is 0.497. The Labute approximate surface area is 164 Å². The fourth-order valence-electron chi connectivity index (χ4n) is 3.29. The predicted molar refractivity (Wildman–Crippen MR) is 111 cm³/mol. The van der Waals surface area contributed by atoms with E-state index in [4.69, 9.17) is 0 Å². The molecule has 0 fully saturated rings. The zero-order valence-corrected chi connectivity index (χ0v) is 15.7. The van der Waals surface area contributed by atoms with E-state index in [-0.39, 0.29) is 11.9 Å². The molecule has 2 aromatic carbocycles. The Kier molecular flexibility index (Phi) is 5.11. The van der Waals surface area contributed by atoms with Crippen molar-refractivity contribution < 1.29 is 4.79 Å². The monoisotopic (exact) mass is 367 g/mol. The van der Waals surface area contributed by atoms with Gasteiger partial charge < -0.3 is 4.90 Å². The Bertz CT molecular complexity index is 1080. The summed E-state index contributed by atoms with van der Waals surface area (Å²) in [5.41, 5.74) is 3.18. The van der Waals surface area contributed by atoms with Crippen LogP contribution in [0.5, 0.6) is 0 Å². The van der Waals surface area contributed by atoms with Crippen LogP contribution in [0.4, 0.5) is 0 Å². The molecule has 28 heavy (non-hydrogen) atoms. The molecule has 1 atom stereocenters. The first-order valence-corrected chi connectivity index (χ1v) is 9.34. The summed E-state index contributed by atoms with van der Waals surface area (Å²) in [5, 5.41) is 1.02. The second-order valence-corrected chi connectivity index (χ2v) is 6.73. The first kappa shape index (κ1) is 17.9. The summed E-state index contributed by atoms with van der Waals surface area (Å²) in [6.07, 6.45) is 1.75. The van der Waals surface area contributed by atoms with Crippen LogP contribution in [0.2, 0.25) is 0 Å². The Morgan fingerprint density at radius 3 is 2.43 bits per heavy atom. The maximum atomic E-state index is 13.4. The van der Waals surface area contributed by atoms with E-state index in [9.17, 15) is 4.79 Å². The molecule has 0 aliphatic carbocycles. The average molecular weight is 367 g/mol. The molecule has 4 heteroatoms. The molecule has 0 radical (unpaired) electrons. The minimum Gasteiger partial charge on any atom is -0.325 e. The minimum absolute atomic E-state index is 0.104. The van der Waals surface area contributed by atoms with Crippen LogP contribution in [0.1, 0.15) is 34.7 Å². The van der Waals surface area contributed by atoms with Gasteiger partial charge >= 0.3 is 0 Å².